The molecule has 0 saturated carbocycles. The van der Waals surface area contributed by atoms with E-state index in [0.717, 1.165) is 52.5 Å². The average Bonchev–Trinajstić information content (AvgIpc) is 3.18. The fourth-order valence-electron chi connectivity index (χ4n) is 4.85. The normalized spacial score (nSPS) is 10.3. The van der Waals surface area contributed by atoms with E-state index in [1.807, 2.05) is 66.7 Å². The van der Waals surface area contributed by atoms with Crippen LogP contribution in [0.25, 0.3) is 33.5 Å². The number of halogens is 3. The highest BCUT2D eigenvalue weighted by Gasteiger charge is 2.17. The predicted octanol–water partition coefficient (Wildman–Crippen LogP) is 11.2. The molecule has 7 rings (SSSR count). The minimum Gasteiger partial charge on any atom is -0.396 e. The van der Waals surface area contributed by atoms with E-state index in [9.17, 15) is 9.59 Å². The van der Waals surface area contributed by atoms with E-state index in [4.69, 9.17) is 21.4 Å². The summed E-state index contributed by atoms with van der Waals surface area (Å²) < 4.78 is 2.62. The number of nitrogens with two attached hydrogens (primary N) is 2. The Morgan fingerprint density at radius 1 is 0.460 bits per heavy atom. The van der Waals surface area contributed by atoms with E-state index in [1.54, 1.807) is 48.5 Å². The van der Waals surface area contributed by atoms with Crippen LogP contribution in [0.3, 0.4) is 0 Å². The van der Waals surface area contributed by atoms with Crippen LogP contribution < -0.4 is 11.5 Å². The Balaban J connectivity index is 0.000000161. The summed E-state index contributed by atoms with van der Waals surface area (Å²) >= 11 is 10.1. The Morgan fingerprint density at radius 2 is 0.800 bits per heavy atom. The van der Waals surface area contributed by atoms with E-state index < -0.39 is 11.6 Å². The lowest BCUT2D eigenvalue weighted by molar-refractivity contribution is 0.0817. The number of carbonyl (C=O) groups is 2. The zero-order chi connectivity index (χ0) is 35.6. The van der Waals surface area contributed by atoms with Crippen LogP contribution in [0.2, 0.25) is 0 Å². The van der Waals surface area contributed by atoms with Gasteiger partial charge < -0.3 is 11.5 Å². The van der Waals surface area contributed by atoms with Gasteiger partial charge in [0.25, 0.3) is 0 Å². The van der Waals surface area contributed by atoms with Crippen molar-refractivity contribution in [3.8, 4) is 22.5 Å². The molecule has 0 aliphatic carbocycles. The van der Waals surface area contributed by atoms with Crippen LogP contribution in [-0.4, -0.2) is 21.5 Å². The highest BCUT2D eigenvalue weighted by molar-refractivity contribution is 9.11. The van der Waals surface area contributed by atoms with Gasteiger partial charge in [0.1, 0.15) is 5.52 Å². The molecule has 1 aromatic heterocycles. The lowest BCUT2D eigenvalue weighted by Crippen LogP contribution is -2.14. The zero-order valence-corrected chi connectivity index (χ0v) is 31.6. The molecule has 0 aliphatic rings. The van der Waals surface area contributed by atoms with Gasteiger partial charge in [0.2, 0.25) is 11.6 Å². The van der Waals surface area contributed by atoms with Gasteiger partial charge in [-0.3, -0.25) is 9.59 Å². The first-order chi connectivity index (χ1) is 24.2. The topological polar surface area (TPSA) is 112 Å². The van der Waals surface area contributed by atoms with E-state index in [0.29, 0.717) is 22.5 Å². The predicted molar refractivity (Wildman–Crippen MR) is 215 cm³/mol. The molecule has 0 bridgehead atoms. The number of aryl methyl sites for hydroxylation is 1. The largest absolute Gasteiger partial charge is 0.396 e. The average molecular weight is 851 g/mol. The smallest absolute Gasteiger partial charge is 0.233 e. The number of carbonyl (C=O) groups excluding carboxylic acids is 2. The van der Waals surface area contributed by atoms with E-state index in [1.165, 1.54) is 0 Å². The van der Waals surface area contributed by atoms with Crippen LogP contribution in [0.5, 0.6) is 0 Å². The highest BCUT2D eigenvalue weighted by atomic mass is 79.9. The number of hydrogen-bond donors (Lipinski definition) is 2. The number of anilines is 2. The molecule has 0 atom stereocenters. The molecule has 9 heteroatoms. The molecule has 50 heavy (non-hydrogen) atoms. The number of benzene rings is 6. The van der Waals surface area contributed by atoms with Gasteiger partial charge in [0.15, 0.2) is 0 Å². The maximum atomic E-state index is 11.8. The number of aromatic nitrogens is 2. The second-order valence-electron chi connectivity index (χ2n) is 11.0. The Morgan fingerprint density at radius 3 is 1.20 bits per heavy atom. The van der Waals surface area contributed by atoms with Gasteiger partial charge in [0, 0.05) is 35.7 Å². The summed E-state index contributed by atoms with van der Waals surface area (Å²) in [6, 6.07) is 45.4. The molecular weight excluding hydrogens is 820 g/mol. The van der Waals surface area contributed by atoms with Crippen LogP contribution in [-0.2, 0) is 0 Å². The van der Waals surface area contributed by atoms with Crippen molar-refractivity contribution in [2.75, 3.05) is 11.5 Å². The zero-order valence-electron chi connectivity index (χ0n) is 26.9. The van der Waals surface area contributed by atoms with Crippen LogP contribution >= 0.6 is 47.8 Å². The second-order valence-corrected chi connectivity index (χ2v) is 13.5. The number of nitrogens with zero attached hydrogens (tertiary/aromatic N) is 2. The molecule has 0 unspecified atom stereocenters. The van der Waals surface area contributed by atoms with Crippen molar-refractivity contribution in [1.82, 2.24) is 9.97 Å². The minimum atomic E-state index is -0.466. The number of rotatable bonds is 5. The first-order valence-corrected chi connectivity index (χ1v) is 17.8. The quantitative estimate of drug-likeness (QED) is 0.101. The third kappa shape index (κ3) is 8.79. The molecule has 0 amide bonds. The summed E-state index contributed by atoms with van der Waals surface area (Å²) in [4.78, 5) is 33.6. The summed E-state index contributed by atoms with van der Waals surface area (Å²) in [7, 11) is 0. The van der Waals surface area contributed by atoms with Gasteiger partial charge in [0.05, 0.1) is 28.3 Å². The molecule has 7 aromatic rings. The van der Waals surface area contributed by atoms with Gasteiger partial charge in [-0.1, -0.05) is 127 Å². The molecule has 0 aliphatic heterocycles. The van der Waals surface area contributed by atoms with Crippen molar-refractivity contribution in [3.05, 3.63) is 176 Å². The molecule has 0 saturated heterocycles. The molecule has 1 heterocycles. The van der Waals surface area contributed by atoms with Crippen LogP contribution in [0, 0.1) is 6.92 Å². The summed E-state index contributed by atoms with van der Waals surface area (Å²) in [5.41, 5.74) is 20.1. The lowest BCUT2D eigenvalue weighted by Gasteiger charge is -2.12. The van der Waals surface area contributed by atoms with Crippen molar-refractivity contribution in [1.29, 1.82) is 0 Å². The molecule has 0 spiro atoms. The Kier molecular flexibility index (Phi) is 12.4. The Hall–Kier alpha value is -4.96. The van der Waals surface area contributed by atoms with Crippen molar-refractivity contribution < 1.29 is 9.59 Å². The number of ketones is 2. The Bertz CT molecular complexity index is 2090. The van der Waals surface area contributed by atoms with Crippen molar-refractivity contribution in [2.45, 2.75) is 6.92 Å². The summed E-state index contributed by atoms with van der Waals surface area (Å²) in [6.07, 6.45) is 0. The second kappa shape index (κ2) is 17.1. The van der Waals surface area contributed by atoms with Crippen molar-refractivity contribution in [2.24, 2.45) is 0 Å². The lowest BCUT2D eigenvalue weighted by atomic mass is 10.0. The number of hydrogen-bond acceptors (Lipinski definition) is 6. The van der Waals surface area contributed by atoms with Gasteiger partial charge in [-0.25, -0.2) is 9.97 Å². The van der Waals surface area contributed by atoms with Crippen molar-refractivity contribution in [3.63, 3.8) is 0 Å². The van der Waals surface area contributed by atoms with Crippen LogP contribution in [0.4, 0.5) is 11.4 Å². The monoisotopic (exact) mass is 848 g/mol. The first-order valence-electron chi connectivity index (χ1n) is 15.4. The van der Waals surface area contributed by atoms with Gasteiger partial charge in [-0.2, -0.15) is 0 Å². The summed E-state index contributed by atoms with van der Waals surface area (Å²) in [6.45, 7) is 2.07. The van der Waals surface area contributed by atoms with Gasteiger partial charge in [-0.15, -0.1) is 0 Å². The molecule has 4 N–H and O–H groups in total. The highest BCUT2D eigenvalue weighted by Crippen LogP contribution is 2.34. The fraction of sp³-hybridized carbons (Fsp3) is 0.0244. The third-order valence-electron chi connectivity index (χ3n) is 7.53. The fourth-order valence-corrected chi connectivity index (χ4v) is 5.95. The third-order valence-corrected chi connectivity index (χ3v) is 9.55. The first kappa shape index (κ1) is 36.3. The van der Waals surface area contributed by atoms with E-state index in [-0.39, 0.29) is 0 Å². The maximum absolute atomic E-state index is 11.8. The number of fused-ring (bicyclic) bond motifs is 1. The molecule has 0 fully saturated rings. The van der Waals surface area contributed by atoms with E-state index in [2.05, 4.69) is 85.0 Å². The molecule has 6 nitrogen and oxygen atoms in total. The standard InChI is InChI=1S/C21H15BrN2.C14H10O2.C6H6Br2N2/c1-14-12-13-17(22)21-18(14)23-19(15-8-4-2-5-9-15)20(24-21)16-10-6-3-7-11-16;15-13(11-7-3-1-4-8-11)14(16)12-9-5-2-6-10-12;7-3-1-2-4(8)6(10)5(3)9/h2-13H,1H3;1-10H;1-2H,9-10H2. The molecule has 248 valence electrons. The van der Waals surface area contributed by atoms with Gasteiger partial charge >= 0.3 is 0 Å². The Labute approximate surface area is 316 Å². The minimum absolute atomic E-state index is 0.427. The maximum Gasteiger partial charge on any atom is 0.233 e. The summed E-state index contributed by atoms with van der Waals surface area (Å²) in [5, 5.41) is 0. The summed E-state index contributed by atoms with van der Waals surface area (Å²) in [5.74, 6) is -0.932. The van der Waals surface area contributed by atoms with Gasteiger partial charge in [-0.05, 0) is 78.5 Å². The molecular formula is C41H31Br3N4O2. The van der Waals surface area contributed by atoms with Crippen LogP contribution in [0.15, 0.2) is 159 Å². The molecule has 0 radical (unpaired) electrons. The van der Waals surface area contributed by atoms with Crippen LogP contribution in [0.1, 0.15) is 26.3 Å². The number of nitrogen functional groups attached to an aromatic ring is 2. The van der Waals surface area contributed by atoms with E-state index >= 15 is 0 Å². The number of Topliss-reactive ketones (excluding diaryl/α,β-unsaturated/α-hetero) is 2. The van der Waals surface area contributed by atoms with Crippen molar-refractivity contribution >= 4 is 81.8 Å². The SMILES string of the molecule is Cc1ccc(Br)c2nc(-c3ccccc3)c(-c3ccccc3)nc12.Nc1c(Br)ccc(Br)c1N.O=C(C(=O)c1ccccc1)c1ccccc1. The molecule has 6 aromatic carbocycles.